The molecule has 0 amide bonds. The van der Waals surface area contributed by atoms with E-state index in [1.54, 1.807) is 0 Å². The molecule has 3 rings (SSSR count). The summed E-state index contributed by atoms with van der Waals surface area (Å²) in [5.74, 6) is 0. The first-order valence-electron chi connectivity index (χ1n) is 8.07. The molecular formula is C17H25ClN2O. The second-order valence-corrected chi connectivity index (χ2v) is 6.50. The van der Waals surface area contributed by atoms with E-state index in [2.05, 4.69) is 22.3 Å². The van der Waals surface area contributed by atoms with E-state index in [4.69, 9.17) is 16.3 Å². The van der Waals surface area contributed by atoms with E-state index < -0.39 is 0 Å². The Balaban J connectivity index is 1.61. The number of ether oxygens (including phenoxy) is 1. The van der Waals surface area contributed by atoms with Gasteiger partial charge in [0.2, 0.25) is 0 Å². The quantitative estimate of drug-likeness (QED) is 0.904. The van der Waals surface area contributed by atoms with Gasteiger partial charge in [0, 0.05) is 30.2 Å². The lowest BCUT2D eigenvalue weighted by Crippen LogP contribution is -2.49. The van der Waals surface area contributed by atoms with Crippen molar-refractivity contribution in [3.8, 4) is 0 Å². The summed E-state index contributed by atoms with van der Waals surface area (Å²) < 4.78 is 5.89. The maximum atomic E-state index is 6.33. The third-order valence-electron chi connectivity index (χ3n) is 4.93. The number of hydrogen-bond donors (Lipinski definition) is 1. The Labute approximate surface area is 132 Å². The van der Waals surface area contributed by atoms with Crippen LogP contribution in [0.25, 0.3) is 0 Å². The zero-order valence-corrected chi connectivity index (χ0v) is 13.5. The fourth-order valence-corrected chi connectivity index (χ4v) is 4.06. The molecule has 1 saturated carbocycles. The van der Waals surface area contributed by atoms with Gasteiger partial charge in [-0.25, -0.2) is 0 Å². The maximum Gasteiger partial charge on any atom is 0.0730 e. The molecule has 2 fully saturated rings. The second kappa shape index (κ2) is 7.10. The zero-order chi connectivity index (χ0) is 14.7. The summed E-state index contributed by atoms with van der Waals surface area (Å²) in [6.07, 6.45) is 5.41. The topological polar surface area (TPSA) is 24.5 Å². The van der Waals surface area contributed by atoms with Crippen molar-refractivity contribution < 1.29 is 4.74 Å². The summed E-state index contributed by atoms with van der Waals surface area (Å²) in [5.41, 5.74) is 1.21. The lowest BCUT2D eigenvalue weighted by atomic mass is 10.0. The average Bonchev–Trinajstić information content (AvgIpc) is 2.98. The summed E-state index contributed by atoms with van der Waals surface area (Å²) in [6.45, 7) is 3.07. The van der Waals surface area contributed by atoms with Crippen molar-refractivity contribution in [2.45, 2.75) is 43.9 Å². The highest BCUT2D eigenvalue weighted by Gasteiger charge is 2.35. The van der Waals surface area contributed by atoms with Gasteiger partial charge >= 0.3 is 0 Å². The molecule has 4 heteroatoms. The van der Waals surface area contributed by atoms with Gasteiger partial charge in [0.15, 0.2) is 0 Å². The predicted octanol–water partition coefficient (Wildman–Crippen LogP) is 3.24. The van der Waals surface area contributed by atoms with E-state index in [0.717, 1.165) is 31.1 Å². The van der Waals surface area contributed by atoms with Gasteiger partial charge in [-0.05, 0) is 44.4 Å². The average molecular weight is 309 g/mol. The molecule has 1 heterocycles. The maximum absolute atomic E-state index is 6.33. The van der Waals surface area contributed by atoms with Crippen LogP contribution in [0, 0.1) is 0 Å². The van der Waals surface area contributed by atoms with Crippen molar-refractivity contribution in [1.82, 2.24) is 10.2 Å². The van der Waals surface area contributed by atoms with Crippen molar-refractivity contribution in [3.05, 3.63) is 34.9 Å². The molecule has 0 aromatic heterocycles. The summed E-state index contributed by atoms with van der Waals surface area (Å²) >= 11 is 6.33. The van der Waals surface area contributed by atoms with Crippen molar-refractivity contribution in [3.63, 3.8) is 0 Å². The van der Waals surface area contributed by atoms with E-state index in [1.807, 2.05) is 19.2 Å². The van der Waals surface area contributed by atoms with E-state index in [1.165, 1.54) is 24.8 Å². The minimum Gasteiger partial charge on any atom is -0.375 e. The third-order valence-corrected chi connectivity index (χ3v) is 5.28. The molecular weight excluding hydrogens is 284 g/mol. The smallest absolute Gasteiger partial charge is 0.0730 e. The number of nitrogens with one attached hydrogen (secondary N) is 1. The Morgan fingerprint density at radius 1 is 1.38 bits per heavy atom. The van der Waals surface area contributed by atoms with Crippen LogP contribution in [0.5, 0.6) is 0 Å². The van der Waals surface area contributed by atoms with Gasteiger partial charge in [-0.1, -0.05) is 29.8 Å². The highest BCUT2D eigenvalue weighted by molar-refractivity contribution is 6.31. The van der Waals surface area contributed by atoms with Crippen LogP contribution in [0.1, 0.15) is 37.3 Å². The number of hydrogen-bond acceptors (Lipinski definition) is 3. The number of morpholine rings is 1. The first kappa shape index (κ1) is 15.3. The van der Waals surface area contributed by atoms with Crippen LogP contribution < -0.4 is 5.32 Å². The first-order valence-corrected chi connectivity index (χ1v) is 8.44. The van der Waals surface area contributed by atoms with Gasteiger partial charge in [-0.15, -0.1) is 0 Å². The summed E-state index contributed by atoms with van der Waals surface area (Å²) in [7, 11) is 2.02. The van der Waals surface area contributed by atoms with Crippen LogP contribution in [-0.2, 0) is 4.74 Å². The molecule has 1 aromatic carbocycles. The Hall–Kier alpha value is -0.610. The van der Waals surface area contributed by atoms with E-state index >= 15 is 0 Å². The molecule has 1 saturated heterocycles. The van der Waals surface area contributed by atoms with Crippen molar-refractivity contribution in [1.29, 1.82) is 0 Å². The fourth-order valence-electron chi connectivity index (χ4n) is 3.79. The monoisotopic (exact) mass is 308 g/mol. The molecule has 0 radical (unpaired) electrons. The molecule has 0 spiro atoms. The van der Waals surface area contributed by atoms with Gasteiger partial charge < -0.3 is 10.1 Å². The molecule has 3 unspecified atom stereocenters. The van der Waals surface area contributed by atoms with Crippen LogP contribution in [0.3, 0.4) is 0 Å². The molecule has 1 aliphatic heterocycles. The van der Waals surface area contributed by atoms with Gasteiger partial charge in [0.05, 0.1) is 12.7 Å². The Bertz CT molecular complexity index is 468. The number of halogens is 1. The highest BCUT2D eigenvalue weighted by atomic mass is 35.5. The van der Waals surface area contributed by atoms with E-state index in [9.17, 15) is 0 Å². The molecule has 1 aliphatic carbocycles. The molecule has 21 heavy (non-hydrogen) atoms. The lowest BCUT2D eigenvalue weighted by molar-refractivity contribution is -0.0563. The van der Waals surface area contributed by atoms with Gasteiger partial charge in [-0.3, -0.25) is 4.90 Å². The van der Waals surface area contributed by atoms with E-state index in [0.29, 0.717) is 18.2 Å². The Morgan fingerprint density at radius 2 is 2.24 bits per heavy atom. The molecule has 0 bridgehead atoms. The van der Waals surface area contributed by atoms with Gasteiger partial charge in [0.25, 0.3) is 0 Å². The lowest BCUT2D eigenvalue weighted by Gasteiger charge is -2.38. The van der Waals surface area contributed by atoms with Crippen molar-refractivity contribution >= 4 is 11.6 Å². The third kappa shape index (κ3) is 3.42. The number of fused-ring (bicyclic) bond motifs is 1. The van der Waals surface area contributed by atoms with Crippen molar-refractivity contribution in [2.24, 2.45) is 0 Å². The Morgan fingerprint density at radius 3 is 3.05 bits per heavy atom. The molecule has 1 aromatic rings. The second-order valence-electron chi connectivity index (χ2n) is 6.09. The summed E-state index contributed by atoms with van der Waals surface area (Å²) in [6, 6.07) is 9.12. The van der Waals surface area contributed by atoms with E-state index in [-0.39, 0.29) is 0 Å². The minimum absolute atomic E-state index is 0.321. The predicted molar refractivity (Wildman–Crippen MR) is 86.8 cm³/mol. The molecule has 3 atom stereocenters. The fraction of sp³-hybridized carbons (Fsp3) is 0.647. The first-order chi connectivity index (χ1) is 10.3. The number of benzene rings is 1. The molecule has 3 nitrogen and oxygen atoms in total. The molecule has 116 valence electrons. The Kier molecular flexibility index (Phi) is 5.17. The van der Waals surface area contributed by atoms with Gasteiger partial charge in [0.1, 0.15) is 0 Å². The SMILES string of the molecule is CNC(CCN1CCOC2CCCC21)c1ccccc1Cl. The molecule has 2 aliphatic rings. The van der Waals surface area contributed by atoms with Crippen LogP contribution in [0.2, 0.25) is 5.02 Å². The standard InChI is InChI=1S/C17H25ClN2O/c1-19-15(13-5-2-3-6-14(13)18)9-10-20-11-12-21-17-8-4-7-16(17)20/h2-3,5-6,15-17,19H,4,7-12H2,1H3. The number of nitrogens with zero attached hydrogens (tertiary/aromatic N) is 1. The van der Waals surface area contributed by atoms with Crippen LogP contribution in [0.4, 0.5) is 0 Å². The molecule has 1 N–H and O–H groups in total. The minimum atomic E-state index is 0.321. The largest absolute Gasteiger partial charge is 0.375 e. The number of rotatable bonds is 5. The van der Waals surface area contributed by atoms with Crippen LogP contribution in [0.15, 0.2) is 24.3 Å². The van der Waals surface area contributed by atoms with Crippen LogP contribution in [-0.4, -0.2) is 43.8 Å². The summed E-state index contributed by atoms with van der Waals surface area (Å²) in [4.78, 5) is 2.63. The van der Waals surface area contributed by atoms with Crippen molar-refractivity contribution in [2.75, 3.05) is 26.7 Å². The zero-order valence-electron chi connectivity index (χ0n) is 12.7. The summed E-state index contributed by atoms with van der Waals surface area (Å²) in [5, 5.41) is 4.27. The highest BCUT2D eigenvalue weighted by Crippen LogP contribution is 2.31. The van der Waals surface area contributed by atoms with Crippen LogP contribution >= 0.6 is 11.6 Å². The normalized spacial score (nSPS) is 27.5. The van der Waals surface area contributed by atoms with Gasteiger partial charge in [-0.2, -0.15) is 0 Å².